The smallest absolute Gasteiger partial charge is 0.238 e. The third-order valence-electron chi connectivity index (χ3n) is 5.20. The molecule has 27 heavy (non-hydrogen) atoms. The largest absolute Gasteiger partial charge is 0.473 e. The minimum Gasteiger partial charge on any atom is -0.473 e. The second-order valence-corrected chi connectivity index (χ2v) is 7.32. The van der Waals surface area contributed by atoms with Crippen molar-refractivity contribution in [3.8, 4) is 5.88 Å². The summed E-state index contributed by atoms with van der Waals surface area (Å²) in [7, 11) is 0. The van der Waals surface area contributed by atoms with Crippen molar-refractivity contribution in [3.63, 3.8) is 0 Å². The maximum Gasteiger partial charge on any atom is 0.238 e. The molecule has 0 saturated carbocycles. The number of pyridine rings is 1. The maximum atomic E-state index is 6.09. The van der Waals surface area contributed by atoms with Gasteiger partial charge in [-0.05, 0) is 56.0 Å². The second kappa shape index (κ2) is 8.51. The van der Waals surface area contributed by atoms with Gasteiger partial charge in [0.25, 0.3) is 0 Å². The fraction of sp³-hybridized carbons (Fsp3) is 0.381. The van der Waals surface area contributed by atoms with E-state index in [9.17, 15) is 0 Å². The minimum absolute atomic E-state index is 0. The average Bonchev–Trinajstić information content (AvgIpc) is 3.25. The van der Waals surface area contributed by atoms with Gasteiger partial charge >= 0.3 is 0 Å². The van der Waals surface area contributed by atoms with E-state index in [0.717, 1.165) is 36.5 Å². The van der Waals surface area contributed by atoms with Gasteiger partial charge in [-0.3, -0.25) is 0 Å². The lowest BCUT2D eigenvalue weighted by Gasteiger charge is -2.14. The zero-order chi connectivity index (χ0) is 18.1. The van der Waals surface area contributed by atoms with Gasteiger partial charge in [-0.2, -0.15) is 0 Å². The van der Waals surface area contributed by atoms with E-state index in [1.54, 1.807) is 0 Å². The van der Waals surface area contributed by atoms with Crippen LogP contribution in [0, 0.1) is 13.8 Å². The van der Waals surface area contributed by atoms with Crippen LogP contribution in [-0.2, 0) is 11.3 Å². The first-order valence-electron chi connectivity index (χ1n) is 9.06. The van der Waals surface area contributed by atoms with Gasteiger partial charge in [-0.1, -0.05) is 23.7 Å². The van der Waals surface area contributed by atoms with Crippen molar-refractivity contribution in [2.45, 2.75) is 39.3 Å². The van der Waals surface area contributed by atoms with Crippen LogP contribution in [0.15, 0.2) is 36.5 Å². The number of rotatable bonds is 5. The monoisotopic (exact) mass is 406 g/mol. The summed E-state index contributed by atoms with van der Waals surface area (Å²) in [6, 6.07) is 10.0. The van der Waals surface area contributed by atoms with Gasteiger partial charge in [0.2, 0.25) is 5.88 Å². The summed E-state index contributed by atoms with van der Waals surface area (Å²) in [5.41, 5.74) is 4.74. The lowest BCUT2D eigenvalue weighted by atomic mass is 10.2. The van der Waals surface area contributed by atoms with E-state index in [1.807, 2.05) is 18.3 Å². The summed E-state index contributed by atoms with van der Waals surface area (Å²) >= 11 is 6.03. The molecule has 1 saturated heterocycles. The molecule has 1 aliphatic rings. The van der Waals surface area contributed by atoms with Crippen LogP contribution in [0.4, 0.5) is 0 Å². The van der Waals surface area contributed by atoms with Gasteiger partial charge in [0.05, 0.1) is 6.10 Å². The highest BCUT2D eigenvalue weighted by Gasteiger charge is 2.20. The Kier molecular flexibility index (Phi) is 6.30. The number of aromatic nitrogens is 2. The number of hydrogen-bond donors (Lipinski definition) is 0. The molecule has 0 bridgehead atoms. The number of aryl methyl sites for hydroxylation is 1. The van der Waals surface area contributed by atoms with E-state index in [2.05, 4.69) is 41.6 Å². The number of ether oxygens (including phenoxy) is 2. The normalized spacial score (nSPS) is 16.5. The Labute approximate surface area is 170 Å². The summed E-state index contributed by atoms with van der Waals surface area (Å²) < 4.78 is 14.1. The molecule has 0 spiro atoms. The molecule has 1 unspecified atom stereocenters. The molecule has 0 N–H and O–H groups in total. The molecule has 6 heteroatoms. The predicted molar refractivity (Wildman–Crippen MR) is 111 cm³/mol. The van der Waals surface area contributed by atoms with Crippen LogP contribution in [0.5, 0.6) is 5.88 Å². The molecule has 0 aliphatic carbocycles. The first-order valence-corrected chi connectivity index (χ1v) is 9.44. The lowest BCUT2D eigenvalue weighted by molar-refractivity contribution is 0.0668. The van der Waals surface area contributed by atoms with E-state index in [0.29, 0.717) is 12.5 Å². The Hall–Kier alpha value is -1.75. The summed E-state index contributed by atoms with van der Waals surface area (Å²) in [6.07, 6.45) is 4.16. The van der Waals surface area contributed by atoms with E-state index in [4.69, 9.17) is 21.1 Å². The molecule has 3 heterocycles. The van der Waals surface area contributed by atoms with Crippen molar-refractivity contribution in [2.24, 2.45) is 0 Å². The third kappa shape index (κ3) is 4.08. The molecule has 3 aromatic rings. The summed E-state index contributed by atoms with van der Waals surface area (Å²) in [6.45, 7) is 6.44. The fourth-order valence-corrected chi connectivity index (χ4v) is 3.71. The summed E-state index contributed by atoms with van der Waals surface area (Å²) in [4.78, 5) is 4.52. The van der Waals surface area contributed by atoms with Crippen molar-refractivity contribution in [2.75, 3.05) is 13.2 Å². The van der Waals surface area contributed by atoms with E-state index >= 15 is 0 Å². The number of benzene rings is 1. The maximum absolute atomic E-state index is 6.09. The molecule has 4 nitrogen and oxygen atoms in total. The van der Waals surface area contributed by atoms with E-state index < -0.39 is 0 Å². The molecule has 4 rings (SSSR count). The van der Waals surface area contributed by atoms with Gasteiger partial charge in [-0.25, -0.2) is 4.98 Å². The van der Waals surface area contributed by atoms with Crippen molar-refractivity contribution in [3.05, 3.63) is 58.4 Å². The molecule has 2 aromatic heterocycles. The third-order valence-corrected chi connectivity index (χ3v) is 5.45. The SMILES string of the molecule is Cc1c(C)n(Cc2ccc(Cl)cc2)c2c(OCC3CCCO3)nccc12.Cl. The highest BCUT2D eigenvalue weighted by Crippen LogP contribution is 2.32. The van der Waals surface area contributed by atoms with Crippen molar-refractivity contribution in [1.82, 2.24) is 9.55 Å². The summed E-state index contributed by atoms with van der Waals surface area (Å²) in [5, 5.41) is 1.94. The Balaban J connectivity index is 0.00000210. The summed E-state index contributed by atoms with van der Waals surface area (Å²) in [5.74, 6) is 0.683. The van der Waals surface area contributed by atoms with Crippen LogP contribution in [0.2, 0.25) is 5.02 Å². The average molecular weight is 407 g/mol. The van der Waals surface area contributed by atoms with E-state index in [1.165, 1.54) is 22.2 Å². The Morgan fingerprint density at radius 2 is 2.00 bits per heavy atom. The number of hydrogen-bond acceptors (Lipinski definition) is 3. The fourth-order valence-electron chi connectivity index (χ4n) is 3.59. The molecule has 1 fully saturated rings. The van der Waals surface area contributed by atoms with Crippen LogP contribution in [-0.4, -0.2) is 28.9 Å². The van der Waals surface area contributed by atoms with Gasteiger partial charge in [0.15, 0.2) is 0 Å². The molecule has 1 aromatic carbocycles. The first kappa shape index (κ1) is 20.0. The van der Waals surface area contributed by atoms with Crippen LogP contribution in [0.3, 0.4) is 0 Å². The molecular formula is C21H24Cl2N2O2. The molecule has 1 aliphatic heterocycles. The molecule has 0 amide bonds. The molecule has 144 valence electrons. The van der Waals surface area contributed by atoms with Gasteiger partial charge in [-0.15, -0.1) is 12.4 Å². The lowest BCUT2D eigenvalue weighted by Crippen LogP contribution is -2.17. The second-order valence-electron chi connectivity index (χ2n) is 6.88. The van der Waals surface area contributed by atoms with Gasteiger partial charge in [0, 0.05) is 35.5 Å². The van der Waals surface area contributed by atoms with Crippen molar-refractivity contribution < 1.29 is 9.47 Å². The zero-order valence-corrected chi connectivity index (χ0v) is 17.1. The predicted octanol–water partition coefficient (Wildman–Crippen LogP) is 5.33. The number of halogens is 2. The first-order chi connectivity index (χ1) is 12.6. The van der Waals surface area contributed by atoms with Gasteiger partial charge < -0.3 is 14.0 Å². The van der Waals surface area contributed by atoms with Crippen LogP contribution in [0.25, 0.3) is 10.9 Å². The topological polar surface area (TPSA) is 36.3 Å². The van der Waals surface area contributed by atoms with Gasteiger partial charge in [0.1, 0.15) is 12.1 Å². The van der Waals surface area contributed by atoms with Crippen LogP contribution >= 0.6 is 24.0 Å². The van der Waals surface area contributed by atoms with Crippen molar-refractivity contribution in [1.29, 1.82) is 0 Å². The number of nitrogens with zero attached hydrogens (tertiary/aromatic N) is 2. The molecule has 0 radical (unpaired) electrons. The Morgan fingerprint density at radius 1 is 1.22 bits per heavy atom. The van der Waals surface area contributed by atoms with Crippen LogP contribution < -0.4 is 4.74 Å². The quantitative estimate of drug-likeness (QED) is 0.573. The standard InChI is InChI=1S/C21H23ClN2O2.ClH/c1-14-15(2)24(12-16-5-7-17(22)8-6-16)20-19(14)9-10-23-21(20)26-13-18-4-3-11-25-18;/h5-10,18H,3-4,11-13H2,1-2H3;1H. The Bertz CT molecular complexity index is 916. The molecular weight excluding hydrogens is 383 g/mol. The molecule has 1 atom stereocenters. The van der Waals surface area contributed by atoms with Crippen molar-refractivity contribution >= 4 is 34.9 Å². The Morgan fingerprint density at radius 3 is 2.70 bits per heavy atom. The number of fused-ring (bicyclic) bond motifs is 1. The zero-order valence-electron chi connectivity index (χ0n) is 15.6. The minimum atomic E-state index is 0. The van der Waals surface area contributed by atoms with E-state index in [-0.39, 0.29) is 18.5 Å². The van der Waals surface area contributed by atoms with Crippen LogP contribution in [0.1, 0.15) is 29.7 Å². The highest BCUT2D eigenvalue weighted by atomic mass is 35.5. The highest BCUT2D eigenvalue weighted by molar-refractivity contribution is 6.30.